The molecule has 0 aliphatic rings. The van der Waals surface area contributed by atoms with Gasteiger partial charge in [0.15, 0.2) is 6.10 Å². The number of nitrogens with one attached hydrogen (secondary N) is 3. The van der Waals surface area contributed by atoms with Gasteiger partial charge in [0.25, 0.3) is 5.91 Å². The van der Waals surface area contributed by atoms with Gasteiger partial charge in [0, 0.05) is 7.05 Å². The Morgan fingerprint density at radius 2 is 1.74 bits per heavy atom. The Balaban J connectivity index is 1.83. The first-order valence-corrected chi connectivity index (χ1v) is 8.36. The molecule has 1 atom stereocenters. The minimum Gasteiger partial charge on any atom is -0.451 e. The smallest absolute Gasteiger partial charge is 0.326 e. The highest BCUT2D eigenvalue weighted by atomic mass is 16.5. The molecule has 0 fully saturated rings. The number of esters is 1. The first-order chi connectivity index (χ1) is 12.9. The molecule has 0 aliphatic heterocycles. The molecular weight excluding hydrogens is 350 g/mol. The lowest BCUT2D eigenvalue weighted by Gasteiger charge is -2.13. The zero-order chi connectivity index (χ0) is 19.8. The zero-order valence-corrected chi connectivity index (χ0v) is 15.1. The zero-order valence-electron chi connectivity index (χ0n) is 15.1. The van der Waals surface area contributed by atoms with E-state index in [1.54, 1.807) is 0 Å². The monoisotopic (exact) mass is 371 g/mol. The Kier molecular flexibility index (Phi) is 6.87. The Labute approximate surface area is 156 Å². The standard InChI is InChI=1S/C19H21N3O5/c1-12(18(25)22-19(26)20-2)27-17(24)11-21-16(23)10-14-8-5-7-13-6-3-4-9-15(13)14/h3-9,12H,10-11H2,1-2H3,(H,21,23)(H2,20,22,25,26)/t12-/m0/s1. The van der Waals surface area contributed by atoms with Gasteiger partial charge in [-0.1, -0.05) is 42.5 Å². The van der Waals surface area contributed by atoms with Gasteiger partial charge in [0.05, 0.1) is 6.42 Å². The number of benzene rings is 2. The van der Waals surface area contributed by atoms with Crippen molar-refractivity contribution in [3.63, 3.8) is 0 Å². The molecule has 0 radical (unpaired) electrons. The van der Waals surface area contributed by atoms with Crippen molar-refractivity contribution in [3.8, 4) is 0 Å². The second-order valence-electron chi connectivity index (χ2n) is 5.79. The van der Waals surface area contributed by atoms with E-state index in [0.717, 1.165) is 16.3 Å². The van der Waals surface area contributed by atoms with E-state index in [1.165, 1.54) is 14.0 Å². The predicted molar refractivity (Wildman–Crippen MR) is 98.8 cm³/mol. The third-order valence-corrected chi connectivity index (χ3v) is 3.80. The first-order valence-electron chi connectivity index (χ1n) is 8.36. The molecular formula is C19H21N3O5. The van der Waals surface area contributed by atoms with Gasteiger partial charge < -0.3 is 15.4 Å². The van der Waals surface area contributed by atoms with Crippen molar-refractivity contribution in [2.24, 2.45) is 0 Å². The number of urea groups is 1. The number of hydrogen-bond donors (Lipinski definition) is 3. The normalized spacial score (nSPS) is 11.3. The van der Waals surface area contributed by atoms with E-state index in [0.29, 0.717) is 0 Å². The fraction of sp³-hybridized carbons (Fsp3) is 0.263. The number of ether oxygens (including phenoxy) is 1. The molecule has 2 aromatic rings. The summed E-state index contributed by atoms with van der Waals surface area (Å²) < 4.78 is 4.88. The fourth-order valence-electron chi connectivity index (χ4n) is 2.42. The summed E-state index contributed by atoms with van der Waals surface area (Å²) in [4.78, 5) is 46.5. The van der Waals surface area contributed by atoms with Crippen LogP contribution in [0.1, 0.15) is 12.5 Å². The number of rotatable bonds is 6. The number of hydrogen-bond acceptors (Lipinski definition) is 5. The molecule has 27 heavy (non-hydrogen) atoms. The van der Waals surface area contributed by atoms with Gasteiger partial charge in [-0.05, 0) is 23.3 Å². The maximum atomic E-state index is 12.1. The number of fused-ring (bicyclic) bond motifs is 1. The summed E-state index contributed by atoms with van der Waals surface area (Å²) in [5.74, 6) is -1.88. The van der Waals surface area contributed by atoms with Crippen LogP contribution >= 0.6 is 0 Å². The molecule has 0 saturated carbocycles. The molecule has 0 aliphatic carbocycles. The average molecular weight is 371 g/mol. The van der Waals surface area contributed by atoms with Gasteiger partial charge in [-0.3, -0.25) is 19.7 Å². The third kappa shape index (κ3) is 5.81. The van der Waals surface area contributed by atoms with E-state index in [2.05, 4.69) is 10.6 Å². The minimum absolute atomic E-state index is 0.112. The van der Waals surface area contributed by atoms with Crippen molar-refractivity contribution in [1.82, 2.24) is 16.0 Å². The molecule has 0 saturated heterocycles. The van der Waals surface area contributed by atoms with Crippen LogP contribution in [0, 0.1) is 0 Å². The molecule has 4 amide bonds. The lowest BCUT2D eigenvalue weighted by molar-refractivity contribution is -0.154. The van der Waals surface area contributed by atoms with Gasteiger partial charge in [0.2, 0.25) is 5.91 Å². The molecule has 2 aromatic carbocycles. The second-order valence-corrected chi connectivity index (χ2v) is 5.79. The van der Waals surface area contributed by atoms with E-state index in [9.17, 15) is 19.2 Å². The van der Waals surface area contributed by atoms with Crippen molar-refractivity contribution >= 4 is 34.6 Å². The van der Waals surface area contributed by atoms with Gasteiger partial charge >= 0.3 is 12.0 Å². The number of imide groups is 1. The summed E-state index contributed by atoms with van der Waals surface area (Å²) in [7, 11) is 1.35. The van der Waals surface area contributed by atoms with Crippen molar-refractivity contribution in [3.05, 3.63) is 48.0 Å². The summed E-state index contributed by atoms with van der Waals surface area (Å²) >= 11 is 0. The van der Waals surface area contributed by atoms with Crippen LogP contribution in [0.5, 0.6) is 0 Å². The Morgan fingerprint density at radius 1 is 1.04 bits per heavy atom. The first kappa shape index (κ1) is 19.9. The molecule has 0 heterocycles. The summed E-state index contributed by atoms with van der Waals surface area (Å²) in [6.07, 6.45) is -1.05. The number of carbonyl (C=O) groups is 4. The van der Waals surface area contributed by atoms with Crippen molar-refractivity contribution in [2.45, 2.75) is 19.4 Å². The summed E-state index contributed by atoms with van der Waals surface area (Å²) in [5.41, 5.74) is 0.845. The molecule has 3 N–H and O–H groups in total. The molecule has 0 spiro atoms. The van der Waals surface area contributed by atoms with Crippen LogP contribution in [0.25, 0.3) is 10.8 Å². The lowest BCUT2D eigenvalue weighted by Crippen LogP contribution is -2.44. The van der Waals surface area contributed by atoms with Crippen molar-refractivity contribution < 1.29 is 23.9 Å². The predicted octanol–water partition coefficient (Wildman–Crippen LogP) is 0.886. The maximum absolute atomic E-state index is 12.1. The molecule has 8 nitrogen and oxygen atoms in total. The van der Waals surface area contributed by atoms with Crippen LogP contribution < -0.4 is 16.0 Å². The second kappa shape index (κ2) is 9.33. The molecule has 0 unspecified atom stereocenters. The van der Waals surface area contributed by atoms with E-state index >= 15 is 0 Å². The number of amides is 4. The summed E-state index contributed by atoms with van der Waals surface area (Å²) in [6, 6.07) is 12.7. The lowest BCUT2D eigenvalue weighted by atomic mass is 10.0. The van der Waals surface area contributed by atoms with Gasteiger partial charge in [-0.2, -0.15) is 0 Å². The van der Waals surface area contributed by atoms with Gasteiger partial charge in [-0.25, -0.2) is 4.79 Å². The topological polar surface area (TPSA) is 114 Å². The largest absolute Gasteiger partial charge is 0.451 e. The summed E-state index contributed by atoms with van der Waals surface area (Å²) in [5, 5.41) is 8.67. The van der Waals surface area contributed by atoms with E-state index in [1.807, 2.05) is 47.8 Å². The van der Waals surface area contributed by atoms with Gasteiger partial charge in [-0.15, -0.1) is 0 Å². The Morgan fingerprint density at radius 3 is 2.48 bits per heavy atom. The molecule has 8 heteroatoms. The van der Waals surface area contributed by atoms with E-state index in [-0.39, 0.29) is 18.9 Å². The van der Waals surface area contributed by atoms with Crippen LogP contribution in [-0.2, 0) is 25.5 Å². The van der Waals surface area contributed by atoms with Crippen molar-refractivity contribution in [2.75, 3.05) is 13.6 Å². The quantitative estimate of drug-likeness (QED) is 0.653. The van der Waals surface area contributed by atoms with Crippen molar-refractivity contribution in [1.29, 1.82) is 0 Å². The Hall–Kier alpha value is -3.42. The minimum atomic E-state index is -1.16. The highest BCUT2D eigenvalue weighted by molar-refractivity contribution is 5.97. The molecule has 2 rings (SSSR count). The fourth-order valence-corrected chi connectivity index (χ4v) is 2.42. The number of carbonyl (C=O) groups excluding carboxylic acids is 4. The molecule has 142 valence electrons. The van der Waals surface area contributed by atoms with Crippen LogP contribution in [0.2, 0.25) is 0 Å². The van der Waals surface area contributed by atoms with Crippen LogP contribution in [0.3, 0.4) is 0 Å². The highest BCUT2D eigenvalue weighted by Crippen LogP contribution is 2.18. The summed E-state index contributed by atoms with van der Waals surface area (Å²) in [6.45, 7) is 0.954. The van der Waals surface area contributed by atoms with Crippen LogP contribution in [-0.4, -0.2) is 43.5 Å². The van der Waals surface area contributed by atoms with Crippen LogP contribution in [0.15, 0.2) is 42.5 Å². The SMILES string of the molecule is CNC(=O)NC(=O)[C@H](C)OC(=O)CNC(=O)Cc1cccc2ccccc12. The van der Waals surface area contributed by atoms with E-state index in [4.69, 9.17) is 4.74 Å². The van der Waals surface area contributed by atoms with E-state index < -0.39 is 24.0 Å². The van der Waals surface area contributed by atoms with Gasteiger partial charge in [0.1, 0.15) is 6.54 Å². The Bertz CT molecular complexity index is 860. The van der Waals surface area contributed by atoms with Crippen LogP contribution in [0.4, 0.5) is 4.79 Å². The average Bonchev–Trinajstić information content (AvgIpc) is 2.66. The maximum Gasteiger partial charge on any atom is 0.326 e. The third-order valence-electron chi connectivity index (χ3n) is 3.80. The molecule has 0 aromatic heterocycles. The molecule has 0 bridgehead atoms. The highest BCUT2D eigenvalue weighted by Gasteiger charge is 2.19.